The molecular weight excluding hydrogens is 219 g/mol. The second-order valence-electron chi connectivity index (χ2n) is 1.87. The van der Waals surface area contributed by atoms with E-state index in [1.165, 1.54) is 0 Å². The van der Waals surface area contributed by atoms with Crippen LogP contribution in [0.25, 0.3) is 0 Å². The summed E-state index contributed by atoms with van der Waals surface area (Å²) in [6.07, 6.45) is -10.1. The highest BCUT2D eigenvalue weighted by atomic mass is 31.2. The third kappa shape index (κ3) is 4.97. The third-order valence-corrected chi connectivity index (χ3v) is 1.18. The summed E-state index contributed by atoms with van der Waals surface area (Å²) in [7, 11) is -2.67. The number of esters is 1. The number of alkyl halides is 4. The second-order valence-corrected chi connectivity index (χ2v) is 2.87. The maximum atomic E-state index is 12.0. The molecule has 0 amide bonds. The molecule has 0 aromatic carbocycles. The molecule has 1 atom stereocenters. The van der Waals surface area contributed by atoms with Gasteiger partial charge in [0, 0.05) is 0 Å². The summed E-state index contributed by atoms with van der Waals surface area (Å²) in [5.41, 5.74) is 0. The highest BCUT2D eigenvalue weighted by Gasteiger charge is 2.46. The first-order valence-electron chi connectivity index (χ1n) is 2.78. The topological polar surface area (TPSA) is 66.8 Å². The first-order valence-corrected chi connectivity index (χ1v) is 4.21. The minimum atomic E-state index is -5.33. The van der Waals surface area contributed by atoms with Crippen LogP contribution in [0.4, 0.5) is 17.6 Å². The Balaban J connectivity index is 3.98. The third-order valence-electron chi connectivity index (χ3n) is 0.817. The number of halogens is 4. The minimum Gasteiger partial charge on any atom is -0.454 e. The molecule has 0 aromatic heterocycles. The van der Waals surface area contributed by atoms with Crippen molar-refractivity contribution in [2.75, 3.05) is 6.35 Å². The minimum absolute atomic E-state index is 1.04. The molecule has 1 unspecified atom stereocenters. The first-order chi connectivity index (χ1) is 5.75. The first kappa shape index (κ1) is 12.5. The van der Waals surface area contributed by atoms with Crippen LogP contribution in [-0.4, -0.2) is 34.5 Å². The van der Waals surface area contributed by atoms with E-state index in [1.54, 1.807) is 0 Å². The highest BCUT2D eigenvalue weighted by molar-refractivity contribution is 7.44. The molecule has 0 fully saturated rings. The molecule has 78 valence electrons. The molecule has 4 nitrogen and oxygen atoms in total. The van der Waals surface area contributed by atoms with Gasteiger partial charge in [0.25, 0.3) is 6.17 Å². The van der Waals surface area contributed by atoms with E-state index in [2.05, 4.69) is 4.74 Å². The van der Waals surface area contributed by atoms with Crippen LogP contribution >= 0.6 is 8.38 Å². The molecule has 0 radical (unpaired) electrons. The Hall–Kier alpha value is -0.460. The maximum absolute atomic E-state index is 12.0. The predicted molar refractivity (Wildman–Crippen MR) is 33.3 cm³/mol. The summed E-state index contributed by atoms with van der Waals surface area (Å²) in [5.74, 6) is -2.18. The molecule has 0 aliphatic rings. The lowest BCUT2D eigenvalue weighted by Gasteiger charge is -2.11. The molecule has 0 bridgehead atoms. The second kappa shape index (κ2) is 4.69. The van der Waals surface area contributed by atoms with E-state index >= 15 is 0 Å². The van der Waals surface area contributed by atoms with Gasteiger partial charge in [-0.2, -0.15) is 13.2 Å². The standard InChI is InChI=1S/C4H5F4O4P/c5-2(4(6,7)8)3(9)12-1-13(10)11/h2,10-11H,1H2. The van der Waals surface area contributed by atoms with Gasteiger partial charge in [-0.15, -0.1) is 0 Å². The van der Waals surface area contributed by atoms with Crippen LogP contribution in [0.15, 0.2) is 0 Å². The lowest BCUT2D eigenvalue weighted by molar-refractivity contribution is -0.200. The Kier molecular flexibility index (Phi) is 4.52. The Bertz CT molecular complexity index is 181. The van der Waals surface area contributed by atoms with Crippen LogP contribution in [0.5, 0.6) is 0 Å². The lowest BCUT2D eigenvalue weighted by Crippen LogP contribution is -2.34. The number of carbonyl (C=O) groups excluding carboxylic acids is 1. The SMILES string of the molecule is O=C(OCP(O)O)C(F)C(F)(F)F. The average Bonchev–Trinajstić information content (AvgIpc) is 1.96. The Morgan fingerprint density at radius 2 is 1.92 bits per heavy atom. The van der Waals surface area contributed by atoms with Crippen molar-refractivity contribution in [1.82, 2.24) is 0 Å². The van der Waals surface area contributed by atoms with Crippen molar-refractivity contribution >= 4 is 14.3 Å². The zero-order valence-corrected chi connectivity index (χ0v) is 6.85. The van der Waals surface area contributed by atoms with E-state index in [-0.39, 0.29) is 0 Å². The largest absolute Gasteiger partial charge is 0.454 e. The summed E-state index contributed by atoms with van der Waals surface area (Å²) in [6.45, 7) is 0. The monoisotopic (exact) mass is 224 g/mol. The molecule has 0 spiro atoms. The van der Waals surface area contributed by atoms with Crippen LogP contribution in [-0.2, 0) is 9.53 Å². The van der Waals surface area contributed by atoms with Gasteiger partial charge in [0.1, 0.15) is 0 Å². The molecule has 0 aromatic rings. The fourth-order valence-electron chi connectivity index (χ4n) is 0.328. The number of hydrogen-bond acceptors (Lipinski definition) is 4. The number of rotatable bonds is 3. The lowest BCUT2D eigenvalue weighted by atomic mass is 10.4. The predicted octanol–water partition coefficient (Wildman–Crippen LogP) is 0.684. The van der Waals surface area contributed by atoms with Crippen molar-refractivity contribution in [3.8, 4) is 0 Å². The fraction of sp³-hybridized carbons (Fsp3) is 0.750. The van der Waals surface area contributed by atoms with Crippen LogP contribution < -0.4 is 0 Å². The Labute approximate surface area is 71.0 Å². The molecule has 2 N–H and O–H groups in total. The van der Waals surface area contributed by atoms with Crippen molar-refractivity contribution in [3.63, 3.8) is 0 Å². The summed E-state index contributed by atoms with van der Waals surface area (Å²) in [5, 5.41) is 0. The van der Waals surface area contributed by atoms with Gasteiger partial charge in [-0.3, -0.25) is 0 Å². The Morgan fingerprint density at radius 3 is 2.23 bits per heavy atom. The van der Waals surface area contributed by atoms with Gasteiger partial charge < -0.3 is 14.5 Å². The van der Waals surface area contributed by atoms with Gasteiger partial charge in [-0.05, 0) is 0 Å². The molecule has 0 saturated heterocycles. The number of hydrogen-bond donors (Lipinski definition) is 2. The molecule has 0 rings (SSSR count). The molecule has 0 aliphatic heterocycles. The van der Waals surface area contributed by atoms with Crippen molar-refractivity contribution in [2.45, 2.75) is 12.3 Å². The van der Waals surface area contributed by atoms with Gasteiger partial charge in [-0.25, -0.2) is 9.18 Å². The summed E-state index contributed by atoms with van der Waals surface area (Å²) in [4.78, 5) is 26.4. The maximum Gasteiger partial charge on any atom is 0.430 e. The average molecular weight is 224 g/mol. The van der Waals surface area contributed by atoms with Gasteiger partial charge in [0.15, 0.2) is 6.35 Å². The molecular formula is C4H5F4O4P. The quantitative estimate of drug-likeness (QED) is 0.420. The van der Waals surface area contributed by atoms with Crippen molar-refractivity contribution in [2.24, 2.45) is 0 Å². The summed E-state index contributed by atoms with van der Waals surface area (Å²) >= 11 is 0. The van der Waals surface area contributed by atoms with Crippen LogP contribution in [0.2, 0.25) is 0 Å². The summed E-state index contributed by atoms with van der Waals surface area (Å²) < 4.78 is 49.9. The van der Waals surface area contributed by atoms with Crippen LogP contribution in [0, 0.1) is 0 Å². The van der Waals surface area contributed by atoms with E-state index in [1.807, 2.05) is 0 Å². The van der Waals surface area contributed by atoms with Crippen LogP contribution in [0.1, 0.15) is 0 Å². The van der Waals surface area contributed by atoms with E-state index in [4.69, 9.17) is 9.79 Å². The van der Waals surface area contributed by atoms with Crippen LogP contribution in [0.3, 0.4) is 0 Å². The molecule has 13 heavy (non-hydrogen) atoms. The van der Waals surface area contributed by atoms with Crippen molar-refractivity contribution in [1.29, 1.82) is 0 Å². The number of ether oxygens (including phenoxy) is 1. The zero-order valence-electron chi connectivity index (χ0n) is 5.95. The van der Waals surface area contributed by atoms with Gasteiger partial charge >= 0.3 is 12.1 Å². The van der Waals surface area contributed by atoms with E-state index in [0.717, 1.165) is 0 Å². The van der Waals surface area contributed by atoms with Gasteiger partial charge in [0.2, 0.25) is 8.38 Å². The van der Waals surface area contributed by atoms with E-state index < -0.39 is 33.0 Å². The van der Waals surface area contributed by atoms with E-state index in [9.17, 15) is 22.4 Å². The van der Waals surface area contributed by atoms with E-state index in [0.29, 0.717) is 0 Å². The van der Waals surface area contributed by atoms with Crippen molar-refractivity contribution < 1.29 is 36.9 Å². The van der Waals surface area contributed by atoms with Crippen molar-refractivity contribution in [3.05, 3.63) is 0 Å². The Morgan fingerprint density at radius 1 is 1.46 bits per heavy atom. The zero-order chi connectivity index (χ0) is 10.6. The summed E-state index contributed by atoms with van der Waals surface area (Å²) in [6, 6.07) is 0. The highest BCUT2D eigenvalue weighted by Crippen LogP contribution is 2.26. The fourth-order valence-corrected chi connectivity index (χ4v) is 0.571. The smallest absolute Gasteiger partial charge is 0.430 e. The molecule has 0 heterocycles. The van der Waals surface area contributed by atoms with Gasteiger partial charge in [-0.1, -0.05) is 0 Å². The molecule has 9 heteroatoms. The normalized spacial score (nSPS) is 14.4. The number of carbonyl (C=O) groups is 1. The molecule has 0 saturated carbocycles. The molecule has 0 aliphatic carbocycles. The van der Waals surface area contributed by atoms with Gasteiger partial charge in [0.05, 0.1) is 0 Å².